The molecule has 1 aliphatic rings. The first-order valence-electron chi connectivity index (χ1n) is 14.3. The minimum Gasteiger partial charge on any atom is -0.444 e. The van der Waals surface area contributed by atoms with E-state index in [1.807, 2.05) is 62.4 Å². The Morgan fingerprint density at radius 2 is 1.60 bits per heavy atom. The zero-order chi connectivity index (χ0) is 29.3. The van der Waals surface area contributed by atoms with Gasteiger partial charge in [0.2, 0.25) is 11.8 Å². The van der Waals surface area contributed by atoms with Gasteiger partial charge in [0.05, 0.1) is 6.61 Å². The molecule has 0 bridgehead atoms. The lowest BCUT2D eigenvalue weighted by atomic mass is 9.91. The molecule has 0 aliphatic heterocycles. The molecular weight excluding hydrogens is 506 g/mol. The Morgan fingerprint density at radius 3 is 2.17 bits per heavy atom. The molecule has 0 heterocycles. The first-order valence-corrected chi connectivity index (χ1v) is 14.3. The maximum atomic E-state index is 14.3. The van der Waals surface area contributed by atoms with Crippen LogP contribution in [0.2, 0.25) is 0 Å². The topological polar surface area (TPSA) is 108 Å². The smallest absolute Gasteiger partial charge is 0.408 e. The molecule has 0 spiro atoms. The Balaban J connectivity index is 2.03. The van der Waals surface area contributed by atoms with Gasteiger partial charge < -0.3 is 25.4 Å². The van der Waals surface area contributed by atoms with Crippen molar-refractivity contribution in [1.29, 1.82) is 0 Å². The van der Waals surface area contributed by atoms with Crippen molar-refractivity contribution >= 4 is 17.9 Å². The van der Waals surface area contributed by atoms with Gasteiger partial charge in [0, 0.05) is 19.0 Å². The van der Waals surface area contributed by atoms with Crippen molar-refractivity contribution in [1.82, 2.24) is 15.5 Å². The van der Waals surface area contributed by atoms with Gasteiger partial charge in [-0.15, -0.1) is 0 Å². The van der Waals surface area contributed by atoms with E-state index in [4.69, 9.17) is 4.74 Å². The van der Waals surface area contributed by atoms with E-state index in [1.165, 1.54) is 4.90 Å². The summed E-state index contributed by atoms with van der Waals surface area (Å²) >= 11 is 0. The molecule has 2 aromatic carbocycles. The molecule has 2 aromatic rings. The highest BCUT2D eigenvalue weighted by atomic mass is 16.6. The minimum atomic E-state index is -1.02. The third kappa shape index (κ3) is 8.81. The maximum absolute atomic E-state index is 14.3. The largest absolute Gasteiger partial charge is 0.444 e. The molecule has 0 saturated heterocycles. The van der Waals surface area contributed by atoms with E-state index in [0.29, 0.717) is 0 Å². The van der Waals surface area contributed by atoms with Crippen molar-refractivity contribution in [2.75, 3.05) is 13.2 Å². The minimum absolute atomic E-state index is 0.0409. The van der Waals surface area contributed by atoms with Crippen LogP contribution in [0.25, 0.3) is 0 Å². The van der Waals surface area contributed by atoms with Crippen LogP contribution in [0, 0.1) is 13.8 Å². The fourth-order valence-electron chi connectivity index (χ4n) is 5.39. The first-order chi connectivity index (χ1) is 19.0. The van der Waals surface area contributed by atoms with Crippen LogP contribution in [0.3, 0.4) is 0 Å². The number of aliphatic hydroxyl groups is 1. The van der Waals surface area contributed by atoms with Gasteiger partial charge in [-0.2, -0.15) is 0 Å². The highest BCUT2D eigenvalue weighted by Gasteiger charge is 2.38. The average Bonchev–Trinajstić information content (AvgIpc) is 2.89. The van der Waals surface area contributed by atoms with Crippen LogP contribution in [0.5, 0.6) is 0 Å². The van der Waals surface area contributed by atoms with Gasteiger partial charge in [0.15, 0.2) is 0 Å². The molecule has 40 heavy (non-hydrogen) atoms. The van der Waals surface area contributed by atoms with Gasteiger partial charge in [0.1, 0.15) is 17.7 Å². The lowest BCUT2D eigenvalue weighted by molar-refractivity contribution is -0.143. The molecule has 1 fully saturated rings. The summed E-state index contributed by atoms with van der Waals surface area (Å²) in [7, 11) is 0. The van der Waals surface area contributed by atoms with Crippen LogP contribution >= 0.6 is 0 Å². The standard InChI is InChI=1S/C32H45N3O5/c1-22-13-12-14-23(2)27(22)28(29(37)33-25-17-10-7-11-18-25)35(19-20-36)30(38)26(21-24-15-8-6-9-16-24)34-31(39)40-32(3,4)5/h6,8-9,12-16,25-26,28,36H,7,10-11,17-21H2,1-5H3,(H,33,37)(H,34,39). The summed E-state index contributed by atoms with van der Waals surface area (Å²) in [4.78, 5) is 42.6. The van der Waals surface area contributed by atoms with E-state index in [-0.39, 0.29) is 31.5 Å². The summed E-state index contributed by atoms with van der Waals surface area (Å²) < 4.78 is 5.48. The number of alkyl carbamates (subject to hydrolysis) is 1. The molecule has 3 rings (SSSR count). The second kappa shape index (κ2) is 14.3. The molecule has 218 valence electrons. The zero-order valence-electron chi connectivity index (χ0n) is 24.5. The molecule has 0 radical (unpaired) electrons. The van der Waals surface area contributed by atoms with Crippen molar-refractivity contribution in [2.45, 2.75) is 96.9 Å². The number of amides is 3. The van der Waals surface area contributed by atoms with E-state index >= 15 is 0 Å². The molecule has 0 aromatic heterocycles. The molecule has 3 amide bonds. The van der Waals surface area contributed by atoms with Crippen LogP contribution in [0.15, 0.2) is 48.5 Å². The number of nitrogens with one attached hydrogen (secondary N) is 2. The summed E-state index contributed by atoms with van der Waals surface area (Å²) in [5.74, 6) is -0.739. The summed E-state index contributed by atoms with van der Waals surface area (Å²) in [6.45, 7) is 8.70. The van der Waals surface area contributed by atoms with E-state index in [0.717, 1.165) is 54.4 Å². The zero-order valence-corrected chi connectivity index (χ0v) is 24.5. The molecule has 8 nitrogen and oxygen atoms in total. The number of aliphatic hydroxyl groups excluding tert-OH is 1. The predicted octanol–water partition coefficient (Wildman–Crippen LogP) is 4.75. The molecule has 1 aliphatic carbocycles. The number of benzene rings is 2. The predicted molar refractivity (Wildman–Crippen MR) is 156 cm³/mol. The first kappa shape index (κ1) is 31.1. The van der Waals surface area contributed by atoms with Gasteiger partial charge in [-0.1, -0.05) is 67.8 Å². The molecule has 2 unspecified atom stereocenters. The summed E-state index contributed by atoms with van der Waals surface area (Å²) in [5.41, 5.74) is 2.57. The molecular formula is C32H45N3O5. The monoisotopic (exact) mass is 551 g/mol. The lowest BCUT2D eigenvalue weighted by Crippen LogP contribution is -2.55. The fourth-order valence-corrected chi connectivity index (χ4v) is 5.39. The normalized spacial score (nSPS) is 15.6. The van der Waals surface area contributed by atoms with Crippen molar-refractivity contribution in [3.8, 4) is 0 Å². The van der Waals surface area contributed by atoms with Crippen molar-refractivity contribution in [3.63, 3.8) is 0 Å². The number of nitrogens with zero attached hydrogens (tertiary/aromatic N) is 1. The van der Waals surface area contributed by atoms with Crippen LogP contribution in [-0.2, 0) is 20.7 Å². The molecule has 1 saturated carbocycles. The SMILES string of the molecule is Cc1cccc(C)c1C(C(=O)NC1CCCCC1)N(CCO)C(=O)C(Cc1ccccc1)NC(=O)OC(C)(C)C. The number of carbonyl (C=O) groups excluding carboxylic acids is 3. The Morgan fingerprint density at radius 1 is 0.975 bits per heavy atom. The molecule has 8 heteroatoms. The highest BCUT2D eigenvalue weighted by Crippen LogP contribution is 2.30. The van der Waals surface area contributed by atoms with Crippen LogP contribution < -0.4 is 10.6 Å². The maximum Gasteiger partial charge on any atom is 0.408 e. The van der Waals surface area contributed by atoms with Gasteiger partial charge in [0.25, 0.3) is 0 Å². The number of hydrogen-bond donors (Lipinski definition) is 3. The summed E-state index contributed by atoms with van der Waals surface area (Å²) in [5, 5.41) is 16.0. The second-order valence-electron chi connectivity index (χ2n) is 11.7. The average molecular weight is 552 g/mol. The number of rotatable bonds is 10. The molecule has 3 N–H and O–H groups in total. The third-order valence-corrected chi connectivity index (χ3v) is 7.22. The number of ether oxygens (including phenoxy) is 1. The van der Waals surface area contributed by atoms with Crippen molar-refractivity contribution in [3.05, 3.63) is 70.8 Å². The fraction of sp³-hybridized carbons (Fsp3) is 0.531. The Bertz CT molecular complexity index is 1120. The van der Waals surface area contributed by atoms with Gasteiger partial charge in [-0.3, -0.25) is 9.59 Å². The van der Waals surface area contributed by atoms with Gasteiger partial charge in [-0.25, -0.2) is 4.79 Å². The number of aryl methyl sites for hydroxylation is 2. The van der Waals surface area contributed by atoms with Crippen molar-refractivity contribution in [2.24, 2.45) is 0 Å². The van der Waals surface area contributed by atoms with E-state index < -0.39 is 29.7 Å². The summed E-state index contributed by atoms with van der Waals surface area (Å²) in [6, 6.07) is 13.2. The second-order valence-corrected chi connectivity index (χ2v) is 11.7. The molecule has 2 atom stereocenters. The van der Waals surface area contributed by atoms with E-state index in [2.05, 4.69) is 10.6 Å². The Labute approximate surface area is 238 Å². The Kier molecular flexibility index (Phi) is 11.1. The van der Waals surface area contributed by atoms with E-state index in [9.17, 15) is 19.5 Å². The van der Waals surface area contributed by atoms with Crippen molar-refractivity contribution < 1.29 is 24.2 Å². The Hall–Kier alpha value is -3.39. The van der Waals surface area contributed by atoms with Crippen LogP contribution in [-0.4, -0.2) is 58.8 Å². The van der Waals surface area contributed by atoms with Gasteiger partial charge in [-0.05, 0) is 69.7 Å². The highest BCUT2D eigenvalue weighted by molar-refractivity contribution is 5.93. The summed E-state index contributed by atoms with van der Waals surface area (Å²) in [6.07, 6.45) is 4.53. The van der Waals surface area contributed by atoms with Crippen LogP contribution in [0.4, 0.5) is 4.79 Å². The quantitative estimate of drug-likeness (QED) is 0.395. The number of hydrogen-bond acceptors (Lipinski definition) is 5. The van der Waals surface area contributed by atoms with Crippen LogP contribution in [0.1, 0.15) is 81.2 Å². The van der Waals surface area contributed by atoms with Gasteiger partial charge >= 0.3 is 6.09 Å². The third-order valence-electron chi connectivity index (χ3n) is 7.22. The van der Waals surface area contributed by atoms with E-state index in [1.54, 1.807) is 20.8 Å². The lowest BCUT2D eigenvalue weighted by Gasteiger charge is -2.36. The number of carbonyl (C=O) groups is 3.